The van der Waals surface area contributed by atoms with E-state index in [1.807, 2.05) is 6.92 Å². The van der Waals surface area contributed by atoms with E-state index in [1.54, 1.807) is 0 Å². The summed E-state index contributed by atoms with van der Waals surface area (Å²) in [5, 5.41) is 8.99. The van der Waals surface area contributed by atoms with Crippen molar-refractivity contribution in [3.8, 4) is 0 Å². The van der Waals surface area contributed by atoms with Gasteiger partial charge in [0.2, 0.25) is 0 Å². The molecule has 0 aromatic heterocycles. The summed E-state index contributed by atoms with van der Waals surface area (Å²) in [6.45, 7) is 20.4. The van der Waals surface area contributed by atoms with Crippen LogP contribution < -0.4 is 0 Å². The van der Waals surface area contributed by atoms with Crippen LogP contribution in [0.4, 0.5) is 0 Å². The molecule has 0 amide bonds. The molecule has 1 saturated heterocycles. The van der Waals surface area contributed by atoms with Gasteiger partial charge in [-0.3, -0.25) is 4.79 Å². The molecule has 0 saturated carbocycles. The van der Waals surface area contributed by atoms with E-state index < -0.39 is 0 Å². The molecule has 60 heavy (non-hydrogen) atoms. The van der Waals surface area contributed by atoms with Crippen molar-refractivity contribution in [2.75, 3.05) is 52.7 Å². The third-order valence-corrected chi connectivity index (χ3v) is 12.7. The fourth-order valence-electron chi connectivity index (χ4n) is 8.67. The zero-order valence-corrected chi connectivity index (χ0v) is 41.4. The minimum atomic E-state index is -0.114. The Morgan fingerprint density at radius 1 is 0.517 bits per heavy atom. The third-order valence-electron chi connectivity index (χ3n) is 12.7. The van der Waals surface area contributed by atoms with E-state index in [9.17, 15) is 4.79 Å². The molecular formula is C53H107NO6. The Hall–Kier alpha value is -0.730. The van der Waals surface area contributed by atoms with Gasteiger partial charge in [0.25, 0.3) is 0 Å². The number of nitrogens with zero attached hydrogens (tertiary/aromatic N) is 1. The molecule has 1 fully saturated rings. The summed E-state index contributed by atoms with van der Waals surface area (Å²) in [6, 6.07) is 0. The van der Waals surface area contributed by atoms with Gasteiger partial charge >= 0.3 is 5.97 Å². The molecule has 0 spiro atoms. The highest BCUT2D eigenvalue weighted by Gasteiger charge is 2.17. The second-order valence-electron chi connectivity index (χ2n) is 18.4. The van der Waals surface area contributed by atoms with Crippen molar-refractivity contribution in [3.05, 3.63) is 0 Å². The number of carbonyl (C=O) groups is 1. The Kier molecular flexibility index (Phi) is 47.2. The first-order valence-corrected chi connectivity index (χ1v) is 26.8. The minimum absolute atomic E-state index is 0.00790. The number of esters is 1. The van der Waals surface area contributed by atoms with E-state index in [-0.39, 0.29) is 25.0 Å². The molecule has 1 aliphatic rings. The monoisotopic (exact) mass is 854 g/mol. The Bertz CT molecular complexity index is 804. The zero-order valence-electron chi connectivity index (χ0n) is 41.4. The van der Waals surface area contributed by atoms with Crippen molar-refractivity contribution < 1.29 is 28.8 Å². The van der Waals surface area contributed by atoms with Crippen LogP contribution in [0.15, 0.2) is 0 Å². The van der Waals surface area contributed by atoms with Crippen molar-refractivity contribution in [1.29, 1.82) is 0 Å². The highest BCUT2D eigenvalue weighted by atomic mass is 16.7. The van der Waals surface area contributed by atoms with Crippen LogP contribution in [0, 0.1) is 11.8 Å². The van der Waals surface area contributed by atoms with Crippen LogP contribution >= 0.6 is 0 Å². The fourth-order valence-corrected chi connectivity index (χ4v) is 8.67. The molecule has 0 radical (unpaired) electrons. The maximum atomic E-state index is 12.6. The Balaban J connectivity index is 0.00000182. The van der Waals surface area contributed by atoms with Crippen LogP contribution in [-0.2, 0) is 23.7 Å². The third kappa shape index (κ3) is 41.3. The van der Waals surface area contributed by atoms with E-state index in [2.05, 4.69) is 39.5 Å². The van der Waals surface area contributed by atoms with Crippen LogP contribution in [0.2, 0.25) is 0 Å². The number of rotatable bonds is 45. The van der Waals surface area contributed by atoms with Gasteiger partial charge in [-0.15, -0.1) is 0 Å². The van der Waals surface area contributed by atoms with E-state index in [1.165, 1.54) is 161 Å². The number of aliphatic hydroxyl groups is 1. The summed E-state index contributed by atoms with van der Waals surface area (Å²) < 4.78 is 23.4. The van der Waals surface area contributed by atoms with Crippen LogP contribution in [-0.4, -0.2) is 81.0 Å². The average molecular weight is 854 g/mol. The summed E-state index contributed by atoms with van der Waals surface area (Å²) in [4.78, 5) is 15.0. The number of unbranched alkanes of at least 4 members (excludes halogenated alkanes) is 16. The lowest BCUT2D eigenvalue weighted by molar-refractivity contribution is -0.150. The quantitative estimate of drug-likeness (QED) is 0.0371. The van der Waals surface area contributed by atoms with Crippen LogP contribution in [0.5, 0.6) is 0 Å². The SMILES string of the molecule is CCCCCC(CCCCC)CCOC(C)OCCCCCCCC(CCCCCCCO)OC(=O)CCCN1CCCC1.CCCCCC(CCCCC)CCOCC. The van der Waals surface area contributed by atoms with Crippen LogP contribution in [0.25, 0.3) is 0 Å². The lowest BCUT2D eigenvalue weighted by Crippen LogP contribution is -2.23. The Labute approximate surface area is 375 Å². The highest BCUT2D eigenvalue weighted by Crippen LogP contribution is 2.23. The number of likely N-dealkylation sites (tertiary alicyclic amines) is 1. The van der Waals surface area contributed by atoms with Crippen molar-refractivity contribution >= 4 is 5.97 Å². The molecule has 2 atom stereocenters. The molecule has 2 unspecified atom stereocenters. The first kappa shape index (κ1) is 59.3. The summed E-state index contributed by atoms with van der Waals surface area (Å²) in [5.74, 6) is 1.72. The zero-order chi connectivity index (χ0) is 44.0. The second kappa shape index (κ2) is 47.7. The lowest BCUT2D eigenvalue weighted by atomic mass is 9.92. The average Bonchev–Trinajstić information content (AvgIpc) is 3.77. The van der Waals surface area contributed by atoms with Gasteiger partial charge in [0, 0.05) is 39.5 Å². The molecule has 0 aromatic rings. The number of aliphatic hydroxyl groups excluding tert-OH is 1. The first-order chi connectivity index (χ1) is 29.4. The summed E-state index contributed by atoms with van der Waals surface area (Å²) in [5.41, 5.74) is 0. The number of carbonyl (C=O) groups excluding carboxylic acids is 1. The number of hydrogen-bond donors (Lipinski definition) is 1. The predicted octanol–water partition coefficient (Wildman–Crippen LogP) is 15.2. The normalized spacial score (nSPS) is 14.2. The molecular weight excluding hydrogens is 747 g/mol. The molecule has 7 nitrogen and oxygen atoms in total. The molecule has 1 heterocycles. The van der Waals surface area contributed by atoms with Gasteiger partial charge in [-0.05, 0) is 116 Å². The van der Waals surface area contributed by atoms with Crippen molar-refractivity contribution in [1.82, 2.24) is 4.90 Å². The van der Waals surface area contributed by atoms with Crippen LogP contribution in [0.3, 0.4) is 0 Å². The summed E-state index contributed by atoms with van der Waals surface area (Å²) >= 11 is 0. The molecule has 1 rings (SSSR count). The maximum absolute atomic E-state index is 12.6. The van der Waals surface area contributed by atoms with E-state index >= 15 is 0 Å². The van der Waals surface area contributed by atoms with Gasteiger partial charge in [0.15, 0.2) is 6.29 Å². The standard InChI is InChI=1S/C38H75NO5.C15H32O/c1-4-6-14-23-36(24-15-7-5-2)28-34-43-35(3)42-33-21-13-9-11-17-26-37(25-16-10-8-12-20-32-40)44-38(41)27-22-31-39-29-18-19-30-39;1-4-7-9-11-15(12-10-8-5-2)13-14-16-6-3/h35-37,40H,4-34H2,1-3H3;15H,4-14H2,1-3H3. The van der Waals surface area contributed by atoms with Crippen molar-refractivity contribution in [2.24, 2.45) is 11.8 Å². The molecule has 7 heteroatoms. The highest BCUT2D eigenvalue weighted by molar-refractivity contribution is 5.69. The minimum Gasteiger partial charge on any atom is -0.462 e. The van der Waals surface area contributed by atoms with Crippen molar-refractivity contribution in [3.63, 3.8) is 0 Å². The van der Waals surface area contributed by atoms with Gasteiger partial charge in [-0.1, -0.05) is 169 Å². The van der Waals surface area contributed by atoms with Crippen molar-refractivity contribution in [2.45, 2.75) is 272 Å². The Morgan fingerprint density at radius 2 is 0.967 bits per heavy atom. The lowest BCUT2D eigenvalue weighted by Gasteiger charge is -2.19. The molecule has 1 aliphatic heterocycles. The summed E-state index contributed by atoms with van der Waals surface area (Å²) in [7, 11) is 0. The topological polar surface area (TPSA) is 77.5 Å². The summed E-state index contributed by atoms with van der Waals surface area (Å²) in [6.07, 6.45) is 41.4. The maximum Gasteiger partial charge on any atom is 0.306 e. The predicted molar refractivity (Wildman–Crippen MR) is 258 cm³/mol. The Morgan fingerprint density at radius 3 is 1.47 bits per heavy atom. The second-order valence-corrected chi connectivity index (χ2v) is 18.4. The van der Waals surface area contributed by atoms with Gasteiger partial charge < -0.3 is 29.0 Å². The van der Waals surface area contributed by atoms with Gasteiger partial charge in [-0.2, -0.15) is 0 Å². The van der Waals surface area contributed by atoms with Gasteiger partial charge in [0.1, 0.15) is 6.10 Å². The first-order valence-electron chi connectivity index (χ1n) is 26.8. The smallest absolute Gasteiger partial charge is 0.306 e. The number of ether oxygens (including phenoxy) is 4. The molecule has 0 bridgehead atoms. The molecule has 0 aliphatic carbocycles. The number of hydrogen-bond acceptors (Lipinski definition) is 7. The molecule has 1 N–H and O–H groups in total. The largest absolute Gasteiger partial charge is 0.462 e. The molecule has 0 aromatic carbocycles. The van der Waals surface area contributed by atoms with Gasteiger partial charge in [-0.25, -0.2) is 0 Å². The van der Waals surface area contributed by atoms with E-state index in [0.29, 0.717) is 6.42 Å². The van der Waals surface area contributed by atoms with Gasteiger partial charge in [0.05, 0.1) is 0 Å². The molecule has 360 valence electrons. The van der Waals surface area contributed by atoms with E-state index in [4.69, 9.17) is 24.1 Å². The fraction of sp³-hybridized carbons (Fsp3) is 0.981. The van der Waals surface area contributed by atoms with Crippen LogP contribution in [0.1, 0.15) is 260 Å². The van der Waals surface area contributed by atoms with E-state index in [0.717, 1.165) is 109 Å².